The van der Waals surface area contributed by atoms with Gasteiger partial charge in [-0.3, -0.25) is 9.10 Å². The SMILES string of the molecule is Cc1ccc(S(=O)(=O)N(C)c2ccc(C(=O)NC3(C#N)CCCC3)cc2)cc1. The second kappa shape index (κ2) is 7.64. The Morgan fingerprint density at radius 2 is 1.64 bits per heavy atom. The summed E-state index contributed by atoms with van der Waals surface area (Å²) in [6.07, 6.45) is 3.17. The number of hydrogen-bond donors (Lipinski definition) is 1. The maximum atomic E-state index is 12.8. The van der Waals surface area contributed by atoms with Crippen LogP contribution in [0, 0.1) is 18.3 Å². The van der Waals surface area contributed by atoms with Crippen molar-refractivity contribution in [1.82, 2.24) is 5.32 Å². The highest BCUT2D eigenvalue weighted by Crippen LogP contribution is 2.29. The highest BCUT2D eigenvalue weighted by atomic mass is 32.2. The Kier molecular flexibility index (Phi) is 5.43. The molecule has 0 radical (unpaired) electrons. The first-order valence-electron chi connectivity index (χ1n) is 9.17. The number of nitriles is 1. The molecule has 1 amide bonds. The second-order valence-electron chi connectivity index (χ2n) is 7.19. The van der Waals surface area contributed by atoms with Gasteiger partial charge in [0.1, 0.15) is 5.54 Å². The summed E-state index contributed by atoms with van der Waals surface area (Å²) in [5.41, 5.74) is 1.04. The first kappa shape index (κ1) is 19.9. The van der Waals surface area contributed by atoms with Gasteiger partial charge in [-0.25, -0.2) is 8.42 Å². The van der Waals surface area contributed by atoms with Gasteiger partial charge in [0.25, 0.3) is 15.9 Å². The summed E-state index contributed by atoms with van der Waals surface area (Å²) in [5, 5.41) is 12.2. The van der Waals surface area contributed by atoms with Crippen molar-refractivity contribution in [2.75, 3.05) is 11.4 Å². The number of rotatable bonds is 5. The van der Waals surface area contributed by atoms with E-state index in [9.17, 15) is 18.5 Å². The third kappa shape index (κ3) is 3.87. The number of anilines is 1. The molecule has 2 aromatic carbocycles. The van der Waals surface area contributed by atoms with E-state index < -0.39 is 15.6 Å². The molecule has 3 rings (SSSR count). The number of nitrogens with one attached hydrogen (secondary N) is 1. The molecule has 7 heteroatoms. The number of carbonyl (C=O) groups excluding carboxylic acids is 1. The van der Waals surface area contributed by atoms with E-state index in [1.165, 1.54) is 11.4 Å². The molecule has 2 aromatic rings. The largest absolute Gasteiger partial charge is 0.334 e. The zero-order valence-electron chi connectivity index (χ0n) is 16.0. The van der Waals surface area contributed by atoms with Gasteiger partial charge in [0, 0.05) is 12.6 Å². The molecular formula is C21H23N3O3S. The number of carbonyl (C=O) groups is 1. The van der Waals surface area contributed by atoms with Crippen LogP contribution in [0.2, 0.25) is 0 Å². The van der Waals surface area contributed by atoms with Gasteiger partial charge >= 0.3 is 0 Å². The van der Waals surface area contributed by atoms with Crippen LogP contribution in [0.25, 0.3) is 0 Å². The fourth-order valence-electron chi connectivity index (χ4n) is 3.36. The minimum atomic E-state index is -3.68. The normalized spacial score (nSPS) is 15.6. The lowest BCUT2D eigenvalue weighted by atomic mass is 9.99. The van der Waals surface area contributed by atoms with Crippen molar-refractivity contribution in [3.63, 3.8) is 0 Å². The molecular weight excluding hydrogens is 374 g/mol. The van der Waals surface area contributed by atoms with Crippen molar-refractivity contribution in [3.05, 3.63) is 59.7 Å². The molecule has 1 N–H and O–H groups in total. The van der Waals surface area contributed by atoms with Crippen molar-refractivity contribution in [3.8, 4) is 6.07 Å². The number of sulfonamides is 1. The highest BCUT2D eigenvalue weighted by molar-refractivity contribution is 7.92. The average Bonchev–Trinajstić information content (AvgIpc) is 3.16. The first-order valence-corrected chi connectivity index (χ1v) is 10.6. The summed E-state index contributed by atoms with van der Waals surface area (Å²) >= 11 is 0. The summed E-state index contributed by atoms with van der Waals surface area (Å²) in [5.74, 6) is -0.320. The maximum Gasteiger partial charge on any atom is 0.264 e. The Hall–Kier alpha value is -2.85. The fourth-order valence-corrected chi connectivity index (χ4v) is 4.56. The molecule has 1 aliphatic carbocycles. The zero-order chi connectivity index (χ0) is 20.4. The van der Waals surface area contributed by atoms with Crippen LogP contribution in [0.5, 0.6) is 0 Å². The van der Waals surface area contributed by atoms with Gasteiger partial charge in [-0.1, -0.05) is 17.7 Å². The minimum absolute atomic E-state index is 0.208. The van der Waals surface area contributed by atoms with E-state index in [2.05, 4.69) is 11.4 Å². The van der Waals surface area contributed by atoms with E-state index >= 15 is 0 Å². The molecule has 0 aromatic heterocycles. The van der Waals surface area contributed by atoms with Gasteiger partial charge in [0.15, 0.2) is 0 Å². The predicted octanol–water partition coefficient (Wildman–Crippen LogP) is 3.39. The van der Waals surface area contributed by atoms with Gasteiger partial charge < -0.3 is 5.32 Å². The van der Waals surface area contributed by atoms with Crippen LogP contribution in [-0.4, -0.2) is 26.9 Å². The lowest BCUT2D eigenvalue weighted by Crippen LogP contribution is -2.45. The van der Waals surface area contributed by atoms with Crippen molar-refractivity contribution < 1.29 is 13.2 Å². The molecule has 0 bridgehead atoms. The van der Waals surface area contributed by atoms with Gasteiger partial charge in [-0.2, -0.15) is 5.26 Å². The Morgan fingerprint density at radius 3 is 2.18 bits per heavy atom. The number of benzene rings is 2. The van der Waals surface area contributed by atoms with Gasteiger partial charge in [-0.05, 0) is 69.0 Å². The second-order valence-corrected chi connectivity index (χ2v) is 9.16. The van der Waals surface area contributed by atoms with Crippen LogP contribution in [0.1, 0.15) is 41.6 Å². The standard InChI is InChI=1S/C21H23N3O3S/c1-16-5-11-19(12-6-16)28(26,27)24(2)18-9-7-17(8-10-18)20(25)23-21(15-22)13-3-4-14-21/h5-12H,3-4,13-14H2,1-2H3,(H,23,25). The van der Waals surface area contributed by atoms with Gasteiger partial charge in [0.05, 0.1) is 16.7 Å². The van der Waals surface area contributed by atoms with Crippen LogP contribution in [0.4, 0.5) is 5.69 Å². The van der Waals surface area contributed by atoms with Crippen LogP contribution < -0.4 is 9.62 Å². The van der Waals surface area contributed by atoms with E-state index in [1.807, 2.05) is 6.92 Å². The molecule has 1 aliphatic rings. The molecule has 1 fully saturated rings. The Morgan fingerprint density at radius 1 is 1.07 bits per heavy atom. The molecule has 0 atom stereocenters. The molecule has 0 spiro atoms. The molecule has 0 heterocycles. The topological polar surface area (TPSA) is 90.3 Å². The predicted molar refractivity (Wildman–Crippen MR) is 107 cm³/mol. The Bertz CT molecular complexity index is 1000. The smallest absolute Gasteiger partial charge is 0.264 e. The molecule has 6 nitrogen and oxygen atoms in total. The molecule has 146 valence electrons. The maximum absolute atomic E-state index is 12.8. The third-order valence-electron chi connectivity index (χ3n) is 5.20. The van der Waals surface area contributed by atoms with E-state index in [4.69, 9.17) is 0 Å². The average molecular weight is 398 g/mol. The van der Waals surface area contributed by atoms with Crippen molar-refractivity contribution >= 4 is 21.6 Å². The van der Waals surface area contributed by atoms with Crippen LogP contribution in [0.15, 0.2) is 53.4 Å². The van der Waals surface area contributed by atoms with Crippen molar-refractivity contribution in [2.24, 2.45) is 0 Å². The molecule has 0 unspecified atom stereocenters. The summed E-state index contributed by atoms with van der Waals surface area (Å²) < 4.78 is 26.8. The van der Waals surface area contributed by atoms with Gasteiger partial charge in [0.2, 0.25) is 0 Å². The van der Waals surface area contributed by atoms with Crippen LogP contribution >= 0.6 is 0 Å². The monoisotopic (exact) mass is 397 g/mol. The van der Waals surface area contributed by atoms with Gasteiger partial charge in [-0.15, -0.1) is 0 Å². The molecule has 0 saturated heterocycles. The van der Waals surface area contributed by atoms with Crippen molar-refractivity contribution in [1.29, 1.82) is 5.26 Å². The number of amides is 1. The summed E-state index contributed by atoms with van der Waals surface area (Å²) in [4.78, 5) is 12.7. The summed E-state index contributed by atoms with van der Waals surface area (Å²) in [6.45, 7) is 1.89. The zero-order valence-corrected chi connectivity index (χ0v) is 16.8. The summed E-state index contributed by atoms with van der Waals surface area (Å²) in [7, 11) is -2.20. The van der Waals surface area contributed by atoms with Crippen LogP contribution in [-0.2, 0) is 10.0 Å². The van der Waals surface area contributed by atoms with Crippen LogP contribution in [0.3, 0.4) is 0 Å². The third-order valence-corrected chi connectivity index (χ3v) is 7.00. The Balaban J connectivity index is 1.77. The fraction of sp³-hybridized carbons (Fsp3) is 0.333. The molecule has 1 saturated carbocycles. The minimum Gasteiger partial charge on any atom is -0.334 e. The number of nitrogens with zero attached hydrogens (tertiary/aromatic N) is 2. The Labute approximate surface area is 165 Å². The van der Waals surface area contributed by atoms with E-state index in [-0.39, 0.29) is 10.8 Å². The lowest BCUT2D eigenvalue weighted by molar-refractivity contribution is 0.0920. The van der Waals surface area contributed by atoms with E-state index in [0.717, 1.165) is 18.4 Å². The lowest BCUT2D eigenvalue weighted by Gasteiger charge is -2.22. The number of aryl methyl sites for hydroxylation is 1. The molecule has 28 heavy (non-hydrogen) atoms. The van der Waals surface area contributed by atoms with Crippen molar-refractivity contribution in [2.45, 2.75) is 43.0 Å². The van der Waals surface area contributed by atoms with E-state index in [0.29, 0.717) is 24.1 Å². The first-order chi connectivity index (χ1) is 13.3. The molecule has 0 aliphatic heterocycles. The highest BCUT2D eigenvalue weighted by Gasteiger charge is 2.35. The number of hydrogen-bond acceptors (Lipinski definition) is 4. The quantitative estimate of drug-likeness (QED) is 0.837. The van der Waals surface area contributed by atoms with E-state index in [1.54, 1.807) is 48.5 Å². The summed E-state index contributed by atoms with van der Waals surface area (Å²) in [6, 6.07) is 15.2.